The Morgan fingerprint density at radius 3 is 2.42 bits per heavy atom. The van der Waals surface area contributed by atoms with E-state index in [-0.39, 0.29) is 15.5 Å². The molecular weight excluding hydrogens is 519 g/mol. The Balaban J connectivity index is 1.87. The fourth-order valence-electron chi connectivity index (χ4n) is 4.91. The number of esters is 1. The van der Waals surface area contributed by atoms with Crippen molar-refractivity contribution in [1.29, 1.82) is 0 Å². The van der Waals surface area contributed by atoms with Crippen LogP contribution in [0.25, 0.3) is 0 Å². The van der Waals surface area contributed by atoms with E-state index in [0.717, 1.165) is 23.4 Å². The van der Waals surface area contributed by atoms with Crippen LogP contribution >= 0.6 is 11.6 Å². The lowest BCUT2D eigenvalue weighted by Crippen LogP contribution is -2.51. The number of alkyl halides is 3. The molecule has 3 atom stereocenters. The number of sulfone groups is 1. The third-order valence-electron chi connectivity index (χ3n) is 6.55. The zero-order valence-corrected chi connectivity index (χ0v) is 21.9. The Bertz CT molecular complexity index is 1250. The summed E-state index contributed by atoms with van der Waals surface area (Å²) in [6, 6.07) is 10.8. The van der Waals surface area contributed by atoms with Crippen molar-refractivity contribution >= 4 is 27.4 Å². The number of likely N-dealkylation sites (N-methyl/N-ethyl adjacent to an activating group) is 1. The molecule has 2 N–H and O–H groups in total. The average molecular weight is 548 g/mol. The number of rotatable bonds is 8. The Kier molecular flexibility index (Phi) is 7.87. The normalized spacial score (nSPS) is 20.0. The van der Waals surface area contributed by atoms with Crippen molar-refractivity contribution in [1.82, 2.24) is 5.32 Å². The second-order valence-electron chi connectivity index (χ2n) is 9.88. The average Bonchev–Trinajstić information content (AvgIpc) is 3.08. The topological polar surface area (TPSA) is 92.7 Å². The molecule has 11 heteroatoms. The summed E-state index contributed by atoms with van der Waals surface area (Å²) >= 11 is 5.93. The maximum absolute atomic E-state index is 14.2. The lowest BCUT2D eigenvalue weighted by molar-refractivity contribution is -0.270. The summed E-state index contributed by atoms with van der Waals surface area (Å²) in [5, 5.41) is 13.9. The Hall–Kier alpha value is -2.14. The highest BCUT2D eigenvalue weighted by Crippen LogP contribution is 2.45. The molecule has 0 amide bonds. The van der Waals surface area contributed by atoms with Gasteiger partial charge in [-0.25, -0.2) is 8.42 Å². The number of halogens is 4. The summed E-state index contributed by atoms with van der Waals surface area (Å²) in [6.45, 7) is 2.75. The maximum Gasteiger partial charge on any atom is 0.417 e. The molecular formula is C25H29ClF3NO5S. The predicted molar refractivity (Wildman–Crippen MR) is 130 cm³/mol. The van der Waals surface area contributed by atoms with E-state index in [2.05, 4.69) is 5.32 Å². The molecule has 0 aromatic heterocycles. The van der Waals surface area contributed by atoms with E-state index < -0.39 is 58.0 Å². The lowest BCUT2D eigenvalue weighted by Gasteiger charge is -2.38. The van der Waals surface area contributed by atoms with E-state index >= 15 is 0 Å². The molecule has 1 aliphatic rings. The molecule has 1 aliphatic carbocycles. The number of nitrogens with one attached hydrogen (secondary N) is 1. The van der Waals surface area contributed by atoms with Crippen molar-refractivity contribution < 1.29 is 36.2 Å². The summed E-state index contributed by atoms with van der Waals surface area (Å²) in [4.78, 5) is 12.5. The van der Waals surface area contributed by atoms with Crippen LogP contribution < -0.4 is 5.32 Å². The van der Waals surface area contributed by atoms with Crippen LogP contribution in [-0.4, -0.2) is 50.7 Å². The van der Waals surface area contributed by atoms with Crippen LogP contribution in [0.5, 0.6) is 0 Å². The van der Waals surface area contributed by atoms with Crippen LogP contribution in [0.3, 0.4) is 0 Å². The summed E-state index contributed by atoms with van der Waals surface area (Å²) in [5.41, 5.74) is -3.13. The molecule has 198 valence electrons. The quantitative estimate of drug-likeness (QED) is 0.472. The molecule has 0 radical (unpaired) electrons. The van der Waals surface area contributed by atoms with E-state index in [9.17, 15) is 31.5 Å². The maximum atomic E-state index is 14.2. The van der Waals surface area contributed by atoms with Crippen molar-refractivity contribution in [2.45, 2.75) is 67.3 Å². The number of fused-ring (bicyclic) bond motifs is 1. The van der Waals surface area contributed by atoms with Gasteiger partial charge in [-0.3, -0.25) is 4.79 Å². The van der Waals surface area contributed by atoms with Crippen LogP contribution in [0.15, 0.2) is 47.4 Å². The number of hydrogen-bond acceptors (Lipinski definition) is 6. The Morgan fingerprint density at radius 1 is 1.19 bits per heavy atom. The highest BCUT2D eigenvalue weighted by molar-refractivity contribution is 7.90. The minimum absolute atomic E-state index is 0.0481. The summed E-state index contributed by atoms with van der Waals surface area (Å²) in [7, 11) is -2.19. The molecule has 0 bridgehead atoms. The number of hydrogen-bond donors (Lipinski definition) is 2. The highest BCUT2D eigenvalue weighted by Gasteiger charge is 2.57. The van der Waals surface area contributed by atoms with Gasteiger partial charge in [0.1, 0.15) is 6.10 Å². The highest BCUT2D eigenvalue weighted by atomic mass is 35.5. The van der Waals surface area contributed by atoms with E-state index in [4.69, 9.17) is 16.3 Å². The molecule has 0 fully saturated rings. The first-order valence-electron chi connectivity index (χ1n) is 11.2. The van der Waals surface area contributed by atoms with E-state index in [1.54, 1.807) is 7.05 Å². The lowest BCUT2D eigenvalue weighted by atomic mass is 9.74. The van der Waals surface area contributed by atoms with Gasteiger partial charge in [-0.15, -0.1) is 0 Å². The fraction of sp³-hybridized carbons (Fsp3) is 0.480. The van der Waals surface area contributed by atoms with Crippen molar-refractivity contribution in [3.63, 3.8) is 0 Å². The molecule has 0 saturated carbocycles. The zero-order valence-electron chi connectivity index (χ0n) is 20.3. The van der Waals surface area contributed by atoms with Gasteiger partial charge in [0.05, 0.1) is 17.4 Å². The SMILES string of the molecule is CN[C@H]1c2ccccc2C[C@H]1OC(=O)C[C@](O)(CC(C)(C)c1ccc(Cl)cc1S(C)(=O)=O)C(F)(F)F. The molecule has 0 heterocycles. The van der Waals surface area contributed by atoms with Gasteiger partial charge in [0, 0.05) is 17.7 Å². The number of aliphatic hydroxyl groups is 1. The minimum atomic E-state index is -5.19. The van der Waals surface area contributed by atoms with Gasteiger partial charge in [0.25, 0.3) is 0 Å². The fourth-order valence-corrected chi connectivity index (χ4v) is 6.23. The van der Waals surface area contributed by atoms with Gasteiger partial charge in [0.2, 0.25) is 0 Å². The summed E-state index contributed by atoms with van der Waals surface area (Å²) < 4.78 is 72.6. The molecule has 3 rings (SSSR count). The number of benzene rings is 2. The van der Waals surface area contributed by atoms with Gasteiger partial charge in [-0.1, -0.05) is 55.8 Å². The van der Waals surface area contributed by atoms with Crippen molar-refractivity contribution in [2.75, 3.05) is 13.3 Å². The molecule has 0 unspecified atom stereocenters. The third-order valence-corrected chi connectivity index (χ3v) is 7.92. The Morgan fingerprint density at radius 2 is 1.83 bits per heavy atom. The van der Waals surface area contributed by atoms with Crippen LogP contribution in [-0.2, 0) is 31.2 Å². The molecule has 0 saturated heterocycles. The molecule has 2 aromatic rings. The molecule has 0 aliphatic heterocycles. The van der Waals surface area contributed by atoms with Crippen LogP contribution in [0.2, 0.25) is 5.02 Å². The smallest absolute Gasteiger partial charge is 0.417 e. The van der Waals surface area contributed by atoms with Crippen LogP contribution in [0.1, 0.15) is 49.4 Å². The first-order valence-corrected chi connectivity index (χ1v) is 13.5. The van der Waals surface area contributed by atoms with Crippen LogP contribution in [0, 0.1) is 0 Å². The van der Waals surface area contributed by atoms with Gasteiger partial charge in [-0.2, -0.15) is 13.2 Å². The molecule has 36 heavy (non-hydrogen) atoms. The minimum Gasteiger partial charge on any atom is -0.460 e. The van der Waals surface area contributed by atoms with Gasteiger partial charge in [-0.05, 0) is 47.7 Å². The summed E-state index contributed by atoms with van der Waals surface area (Å²) in [6.07, 6.45) is -7.01. The molecule has 6 nitrogen and oxygen atoms in total. The number of carbonyl (C=O) groups is 1. The van der Waals surface area contributed by atoms with Gasteiger partial charge < -0.3 is 15.2 Å². The predicted octanol–water partition coefficient (Wildman–Crippen LogP) is 4.52. The molecule has 0 spiro atoms. The first-order chi connectivity index (χ1) is 16.5. The molecule has 2 aromatic carbocycles. The second-order valence-corrected chi connectivity index (χ2v) is 12.3. The second kappa shape index (κ2) is 9.96. The van der Waals surface area contributed by atoms with E-state index in [1.165, 1.54) is 26.0 Å². The number of ether oxygens (including phenoxy) is 1. The van der Waals surface area contributed by atoms with Crippen molar-refractivity contribution in [2.24, 2.45) is 0 Å². The first kappa shape index (κ1) is 28.4. The third kappa shape index (κ3) is 5.88. The van der Waals surface area contributed by atoms with E-state index in [1.807, 2.05) is 24.3 Å². The van der Waals surface area contributed by atoms with Crippen molar-refractivity contribution in [3.8, 4) is 0 Å². The van der Waals surface area contributed by atoms with E-state index in [0.29, 0.717) is 6.42 Å². The monoisotopic (exact) mass is 547 g/mol. The van der Waals surface area contributed by atoms with Crippen LogP contribution in [0.4, 0.5) is 13.2 Å². The number of carbonyl (C=O) groups excluding carboxylic acids is 1. The van der Waals surface area contributed by atoms with Gasteiger partial charge >= 0.3 is 12.1 Å². The van der Waals surface area contributed by atoms with Gasteiger partial charge in [0.15, 0.2) is 15.4 Å². The summed E-state index contributed by atoms with van der Waals surface area (Å²) in [5.74, 6) is -1.21. The Labute approximate surface area is 213 Å². The standard InChI is InChI=1S/C25H29ClF3NO5S/c1-23(2,18-10-9-16(26)12-20(18)36(4,33)34)14-24(32,25(27,28)29)13-21(31)35-19-11-15-7-5-6-8-17(15)22(19)30-3/h5-10,12,19,22,30,32H,11,13-14H2,1-4H3/t19-,22+,24+/m1/s1. The zero-order chi connectivity index (χ0) is 27.1. The van der Waals surface area contributed by atoms with Crippen molar-refractivity contribution in [3.05, 3.63) is 64.2 Å². The largest absolute Gasteiger partial charge is 0.460 e.